The van der Waals surface area contributed by atoms with Crippen molar-refractivity contribution in [3.05, 3.63) is 93.0 Å². The Hall–Kier alpha value is -2.30. The summed E-state index contributed by atoms with van der Waals surface area (Å²) in [5.74, 6) is 1.51. The van der Waals surface area contributed by atoms with Crippen molar-refractivity contribution in [1.82, 2.24) is 5.32 Å². The molecule has 3 aromatic rings. The summed E-state index contributed by atoms with van der Waals surface area (Å²) in [7, 11) is 0. The number of ether oxygens (including phenoxy) is 2. The summed E-state index contributed by atoms with van der Waals surface area (Å²) in [5, 5.41) is 3.50. The Morgan fingerprint density at radius 2 is 1.59 bits per heavy atom. The summed E-state index contributed by atoms with van der Waals surface area (Å²) in [6.07, 6.45) is 0. The van der Waals surface area contributed by atoms with E-state index >= 15 is 0 Å². The van der Waals surface area contributed by atoms with Gasteiger partial charge in [0.25, 0.3) is 0 Å². The lowest BCUT2D eigenvalue weighted by molar-refractivity contribution is 0.267. The van der Waals surface area contributed by atoms with Gasteiger partial charge in [0.2, 0.25) is 0 Å². The summed E-state index contributed by atoms with van der Waals surface area (Å²) in [6.45, 7) is 8.87. The molecule has 0 aliphatic rings. The van der Waals surface area contributed by atoms with Crippen molar-refractivity contribution in [2.75, 3.05) is 6.61 Å². The summed E-state index contributed by atoms with van der Waals surface area (Å²) in [5.41, 5.74) is 6.10. The van der Waals surface area contributed by atoms with Crippen molar-refractivity contribution in [3.63, 3.8) is 0 Å². The Morgan fingerprint density at radius 3 is 2.31 bits per heavy atom. The van der Waals surface area contributed by atoms with E-state index < -0.39 is 0 Å². The minimum atomic E-state index is 0.510. The van der Waals surface area contributed by atoms with Gasteiger partial charge < -0.3 is 14.8 Å². The highest BCUT2D eigenvalue weighted by Gasteiger charge is 2.13. The van der Waals surface area contributed by atoms with Crippen molar-refractivity contribution < 1.29 is 9.47 Å². The second kappa shape index (κ2) is 10.5. The van der Waals surface area contributed by atoms with E-state index in [4.69, 9.17) is 9.47 Å². The summed E-state index contributed by atoms with van der Waals surface area (Å²) < 4.78 is 12.9. The Bertz CT molecular complexity index is 938. The molecule has 0 spiro atoms. The van der Waals surface area contributed by atoms with Gasteiger partial charge in [0.05, 0.1) is 11.1 Å². The molecule has 3 rings (SSSR count). The van der Waals surface area contributed by atoms with Gasteiger partial charge in [-0.2, -0.15) is 0 Å². The van der Waals surface area contributed by atoms with E-state index in [-0.39, 0.29) is 0 Å². The van der Waals surface area contributed by atoms with Gasteiger partial charge in [0, 0.05) is 13.1 Å². The standard InChI is InChI=1S/C25H28BrNO2/c1-4-28-24-14-21(16-27-15-20-11-9-18(2)10-12-20)13-23(26)25(24)29-17-22-8-6-5-7-19(22)3/h5-14,27H,4,15-17H2,1-3H3. The highest BCUT2D eigenvalue weighted by Crippen LogP contribution is 2.37. The maximum absolute atomic E-state index is 6.14. The molecule has 4 heteroatoms. The van der Waals surface area contributed by atoms with Gasteiger partial charge in [0.15, 0.2) is 11.5 Å². The third kappa shape index (κ3) is 6.09. The van der Waals surface area contributed by atoms with Gasteiger partial charge >= 0.3 is 0 Å². The molecule has 0 aromatic heterocycles. The number of benzene rings is 3. The van der Waals surface area contributed by atoms with Crippen LogP contribution in [0.25, 0.3) is 0 Å². The van der Waals surface area contributed by atoms with Crippen LogP contribution in [-0.2, 0) is 19.7 Å². The molecule has 0 radical (unpaired) electrons. The third-order valence-electron chi connectivity index (χ3n) is 4.78. The zero-order valence-electron chi connectivity index (χ0n) is 17.3. The normalized spacial score (nSPS) is 10.8. The van der Waals surface area contributed by atoms with Crippen LogP contribution in [0.1, 0.15) is 34.7 Å². The quantitative estimate of drug-likeness (QED) is 0.410. The zero-order valence-corrected chi connectivity index (χ0v) is 18.9. The van der Waals surface area contributed by atoms with Crippen molar-refractivity contribution in [1.29, 1.82) is 0 Å². The molecule has 0 atom stereocenters. The molecule has 152 valence electrons. The van der Waals surface area contributed by atoms with Gasteiger partial charge in [0.1, 0.15) is 6.61 Å². The van der Waals surface area contributed by atoms with Gasteiger partial charge in [-0.1, -0.05) is 54.1 Å². The number of aryl methyl sites for hydroxylation is 2. The first-order valence-corrected chi connectivity index (χ1v) is 10.7. The topological polar surface area (TPSA) is 30.5 Å². The van der Waals surface area contributed by atoms with Crippen LogP contribution in [0.3, 0.4) is 0 Å². The second-order valence-corrected chi connectivity index (χ2v) is 8.00. The monoisotopic (exact) mass is 453 g/mol. The van der Waals surface area contributed by atoms with Crippen LogP contribution in [0.15, 0.2) is 65.1 Å². The molecule has 0 saturated carbocycles. The summed E-state index contributed by atoms with van der Waals surface area (Å²) in [4.78, 5) is 0. The summed E-state index contributed by atoms with van der Waals surface area (Å²) >= 11 is 3.67. The predicted octanol–water partition coefficient (Wildman–Crippen LogP) is 6.33. The third-order valence-corrected chi connectivity index (χ3v) is 5.37. The first-order chi connectivity index (χ1) is 14.1. The molecule has 1 N–H and O–H groups in total. The molecule has 0 fully saturated rings. The van der Waals surface area contributed by atoms with Crippen LogP contribution >= 0.6 is 15.9 Å². The van der Waals surface area contributed by atoms with Gasteiger partial charge in [-0.25, -0.2) is 0 Å². The summed E-state index contributed by atoms with van der Waals surface area (Å²) in [6, 6.07) is 21.0. The Balaban J connectivity index is 1.68. The molecule has 3 nitrogen and oxygen atoms in total. The zero-order chi connectivity index (χ0) is 20.6. The van der Waals surface area contributed by atoms with Gasteiger partial charge in [-0.05, 0) is 71.1 Å². The average Bonchev–Trinajstić information content (AvgIpc) is 2.70. The number of hydrogen-bond acceptors (Lipinski definition) is 3. The predicted molar refractivity (Wildman–Crippen MR) is 123 cm³/mol. The van der Waals surface area contributed by atoms with Gasteiger partial charge in [-0.3, -0.25) is 0 Å². The SMILES string of the molecule is CCOc1cc(CNCc2ccc(C)cc2)cc(Br)c1OCc1ccccc1C. The number of halogens is 1. The first kappa shape index (κ1) is 21.4. The van der Waals surface area contributed by atoms with Crippen molar-refractivity contribution in [3.8, 4) is 11.5 Å². The smallest absolute Gasteiger partial charge is 0.175 e. The highest BCUT2D eigenvalue weighted by atomic mass is 79.9. The van der Waals surface area contributed by atoms with E-state index in [1.54, 1.807) is 0 Å². The Labute approximate surface area is 182 Å². The minimum absolute atomic E-state index is 0.510. The average molecular weight is 454 g/mol. The molecule has 29 heavy (non-hydrogen) atoms. The van der Waals surface area contributed by atoms with Crippen molar-refractivity contribution >= 4 is 15.9 Å². The van der Waals surface area contributed by atoms with Crippen LogP contribution < -0.4 is 14.8 Å². The lowest BCUT2D eigenvalue weighted by atomic mass is 10.1. The molecule has 0 aliphatic carbocycles. The van der Waals surface area contributed by atoms with Gasteiger partial charge in [-0.15, -0.1) is 0 Å². The number of hydrogen-bond donors (Lipinski definition) is 1. The van der Waals surface area contributed by atoms with Crippen LogP contribution in [-0.4, -0.2) is 6.61 Å². The first-order valence-electron chi connectivity index (χ1n) is 9.95. The van der Waals surface area contributed by atoms with E-state index in [2.05, 4.69) is 83.6 Å². The molecular weight excluding hydrogens is 426 g/mol. The Kier molecular flexibility index (Phi) is 7.73. The lowest BCUT2D eigenvalue weighted by Gasteiger charge is -2.16. The fraction of sp³-hybridized carbons (Fsp3) is 0.280. The molecule has 0 bridgehead atoms. The van der Waals surface area contributed by atoms with E-state index in [0.29, 0.717) is 13.2 Å². The van der Waals surface area contributed by atoms with E-state index in [9.17, 15) is 0 Å². The highest BCUT2D eigenvalue weighted by molar-refractivity contribution is 9.10. The minimum Gasteiger partial charge on any atom is -0.490 e. The molecule has 3 aromatic carbocycles. The van der Waals surface area contributed by atoms with Crippen molar-refractivity contribution in [2.45, 2.75) is 40.5 Å². The van der Waals surface area contributed by atoms with Crippen LogP contribution in [0, 0.1) is 13.8 Å². The number of rotatable bonds is 9. The maximum Gasteiger partial charge on any atom is 0.175 e. The maximum atomic E-state index is 6.14. The van der Waals surface area contributed by atoms with Crippen molar-refractivity contribution in [2.24, 2.45) is 0 Å². The van der Waals surface area contributed by atoms with E-state index in [1.165, 1.54) is 22.3 Å². The van der Waals surface area contributed by atoms with Crippen LogP contribution in [0.5, 0.6) is 11.5 Å². The largest absolute Gasteiger partial charge is 0.490 e. The number of nitrogens with one attached hydrogen (secondary N) is 1. The molecule has 0 aliphatic heterocycles. The molecule has 0 amide bonds. The second-order valence-electron chi connectivity index (χ2n) is 7.14. The Morgan fingerprint density at radius 1 is 0.862 bits per heavy atom. The molecule has 0 saturated heterocycles. The molecule has 0 heterocycles. The van der Waals surface area contributed by atoms with Crippen LogP contribution in [0.4, 0.5) is 0 Å². The fourth-order valence-electron chi connectivity index (χ4n) is 3.11. The molecule has 0 unspecified atom stereocenters. The lowest BCUT2D eigenvalue weighted by Crippen LogP contribution is -2.13. The van der Waals surface area contributed by atoms with E-state index in [0.717, 1.165) is 34.6 Å². The molecular formula is C25H28BrNO2. The fourth-order valence-corrected chi connectivity index (χ4v) is 3.71. The van der Waals surface area contributed by atoms with E-state index in [1.807, 2.05) is 19.1 Å². The van der Waals surface area contributed by atoms with Crippen LogP contribution in [0.2, 0.25) is 0 Å².